The number of benzene rings is 1. The molecule has 0 unspecified atom stereocenters. The number of aromatic nitrogens is 3. The second kappa shape index (κ2) is 8.58. The second-order valence-electron chi connectivity index (χ2n) is 7.71. The van der Waals surface area contributed by atoms with Crippen LogP contribution >= 0.6 is 11.8 Å². The second-order valence-corrected chi connectivity index (χ2v) is 8.69. The number of rotatable bonds is 6. The Balaban J connectivity index is 1.69. The van der Waals surface area contributed by atoms with Gasteiger partial charge in [-0.15, -0.1) is 0 Å². The number of aryl methyl sites for hydroxylation is 1. The molecule has 1 aliphatic heterocycles. The first-order valence-corrected chi connectivity index (χ1v) is 11.5. The number of nitrogens with zero attached hydrogens (tertiary/aromatic N) is 3. The van der Waals surface area contributed by atoms with E-state index in [1.165, 1.54) is 11.4 Å². The normalized spacial score (nSPS) is 14.0. The first kappa shape index (κ1) is 21.2. The zero-order valence-electron chi connectivity index (χ0n) is 17.8. The zero-order valence-corrected chi connectivity index (χ0v) is 18.6. The van der Waals surface area contributed by atoms with Gasteiger partial charge in [-0.2, -0.15) is 11.8 Å². The number of nitrogens with one attached hydrogen (secondary N) is 2. The Bertz CT molecular complexity index is 1200. The van der Waals surface area contributed by atoms with E-state index in [2.05, 4.69) is 10.4 Å². The van der Waals surface area contributed by atoms with E-state index in [1.807, 2.05) is 43.5 Å². The summed E-state index contributed by atoms with van der Waals surface area (Å²) in [6.45, 7) is 3.77. The lowest BCUT2D eigenvalue weighted by Crippen LogP contribution is -2.46. The largest absolute Gasteiger partial charge is 0.345 e. The predicted molar refractivity (Wildman–Crippen MR) is 121 cm³/mol. The van der Waals surface area contributed by atoms with E-state index in [9.17, 15) is 14.4 Å². The van der Waals surface area contributed by atoms with Crippen LogP contribution in [-0.2, 0) is 22.7 Å². The monoisotopic (exact) mass is 439 g/mol. The molecular formula is C22H25N5O3S. The van der Waals surface area contributed by atoms with Gasteiger partial charge in [0, 0.05) is 18.2 Å². The fourth-order valence-electron chi connectivity index (χ4n) is 4.04. The number of hydrogen-bond donors (Lipinski definition) is 2. The van der Waals surface area contributed by atoms with E-state index in [-0.39, 0.29) is 30.5 Å². The maximum absolute atomic E-state index is 13.2. The van der Waals surface area contributed by atoms with Crippen molar-refractivity contribution < 1.29 is 9.59 Å². The van der Waals surface area contributed by atoms with E-state index in [0.717, 1.165) is 22.6 Å². The Morgan fingerprint density at radius 3 is 2.68 bits per heavy atom. The van der Waals surface area contributed by atoms with Crippen LogP contribution in [0.3, 0.4) is 0 Å². The third kappa shape index (κ3) is 3.97. The van der Waals surface area contributed by atoms with Crippen molar-refractivity contribution in [3.05, 3.63) is 57.6 Å². The van der Waals surface area contributed by atoms with Crippen molar-refractivity contribution in [3.8, 4) is 11.1 Å². The minimum atomic E-state index is -0.603. The molecule has 0 aliphatic carbocycles. The molecule has 0 bridgehead atoms. The van der Waals surface area contributed by atoms with Crippen molar-refractivity contribution in [2.45, 2.75) is 39.4 Å². The topological polar surface area (TPSA) is 99.6 Å². The molecule has 2 N–H and O–H groups in total. The van der Waals surface area contributed by atoms with Crippen molar-refractivity contribution in [1.29, 1.82) is 0 Å². The lowest BCUT2D eigenvalue weighted by atomic mass is 10.1. The molecule has 31 heavy (non-hydrogen) atoms. The summed E-state index contributed by atoms with van der Waals surface area (Å²) in [7, 11) is 0. The minimum Gasteiger partial charge on any atom is -0.345 e. The molecule has 4 rings (SSSR count). The van der Waals surface area contributed by atoms with E-state index in [0.29, 0.717) is 23.3 Å². The van der Waals surface area contributed by atoms with Gasteiger partial charge < -0.3 is 10.2 Å². The Kier molecular flexibility index (Phi) is 5.86. The van der Waals surface area contributed by atoms with E-state index in [4.69, 9.17) is 4.98 Å². The standard InChI is InChI=1S/C22H25N5O3S/c1-13-19(15-7-5-4-6-8-15)20-24-18-12-26(11-16(18)21(29)27(20)25-13)22(30)17(9-10-31-3)23-14(2)28/h4-8,17,25H,9-12H2,1-3H3,(H,23,28)/t17-/m0/s1. The van der Waals surface area contributed by atoms with Gasteiger partial charge in [-0.05, 0) is 30.9 Å². The summed E-state index contributed by atoms with van der Waals surface area (Å²) >= 11 is 1.62. The van der Waals surface area contributed by atoms with Crippen LogP contribution in [0.1, 0.15) is 30.3 Å². The van der Waals surface area contributed by atoms with Crippen molar-refractivity contribution in [1.82, 2.24) is 24.8 Å². The van der Waals surface area contributed by atoms with E-state index in [1.54, 1.807) is 16.7 Å². The average Bonchev–Trinajstić information content (AvgIpc) is 3.32. The smallest absolute Gasteiger partial charge is 0.278 e. The summed E-state index contributed by atoms with van der Waals surface area (Å²) in [6, 6.07) is 9.19. The van der Waals surface area contributed by atoms with Crippen LogP contribution in [-0.4, -0.2) is 49.4 Å². The third-order valence-electron chi connectivity index (χ3n) is 5.49. The van der Waals surface area contributed by atoms with Gasteiger partial charge in [0.1, 0.15) is 6.04 Å². The molecule has 0 saturated heterocycles. The molecule has 162 valence electrons. The van der Waals surface area contributed by atoms with Gasteiger partial charge in [0.15, 0.2) is 5.65 Å². The fraction of sp³-hybridized carbons (Fsp3) is 0.364. The van der Waals surface area contributed by atoms with Crippen molar-refractivity contribution in [2.24, 2.45) is 0 Å². The highest BCUT2D eigenvalue weighted by atomic mass is 32.2. The van der Waals surface area contributed by atoms with Crippen LogP contribution < -0.4 is 10.9 Å². The molecule has 3 aromatic rings. The molecule has 1 atom stereocenters. The molecule has 9 heteroatoms. The zero-order chi connectivity index (χ0) is 22.1. The Hall–Kier alpha value is -3.07. The van der Waals surface area contributed by atoms with E-state index >= 15 is 0 Å². The maximum atomic E-state index is 13.2. The molecule has 0 radical (unpaired) electrons. The lowest BCUT2D eigenvalue weighted by Gasteiger charge is -2.23. The number of aromatic amines is 1. The quantitative estimate of drug-likeness (QED) is 0.613. The molecule has 0 fully saturated rings. The molecule has 2 amide bonds. The van der Waals surface area contributed by atoms with Crippen molar-refractivity contribution >= 4 is 29.2 Å². The molecule has 0 spiro atoms. The third-order valence-corrected chi connectivity index (χ3v) is 6.13. The molecule has 0 saturated carbocycles. The summed E-state index contributed by atoms with van der Waals surface area (Å²) in [4.78, 5) is 44.2. The molecule has 8 nitrogen and oxygen atoms in total. The number of carbonyl (C=O) groups excluding carboxylic acids is 2. The number of carbonyl (C=O) groups is 2. The summed E-state index contributed by atoms with van der Waals surface area (Å²) in [5.41, 5.74) is 4.19. The number of thioether (sulfide) groups is 1. The van der Waals surface area contributed by atoms with Gasteiger partial charge >= 0.3 is 0 Å². The average molecular weight is 440 g/mol. The maximum Gasteiger partial charge on any atom is 0.278 e. The van der Waals surface area contributed by atoms with Crippen LogP contribution in [0.25, 0.3) is 16.8 Å². The Labute approximate surface area is 184 Å². The predicted octanol–water partition coefficient (Wildman–Crippen LogP) is 2.10. The number of hydrogen-bond acceptors (Lipinski definition) is 5. The first-order valence-electron chi connectivity index (χ1n) is 10.1. The Morgan fingerprint density at radius 1 is 1.26 bits per heavy atom. The highest BCUT2D eigenvalue weighted by Gasteiger charge is 2.33. The van der Waals surface area contributed by atoms with Crippen LogP contribution in [0.5, 0.6) is 0 Å². The van der Waals surface area contributed by atoms with Crippen molar-refractivity contribution in [3.63, 3.8) is 0 Å². The summed E-state index contributed by atoms with van der Waals surface area (Å²) < 4.78 is 1.46. The fourth-order valence-corrected chi connectivity index (χ4v) is 4.52. The van der Waals surface area contributed by atoms with Crippen LogP contribution in [0, 0.1) is 6.92 Å². The first-order chi connectivity index (χ1) is 14.9. The SMILES string of the molecule is CSCC[C@H](NC(C)=O)C(=O)N1Cc2nc3c(-c4ccccc4)c(C)[nH]n3c(=O)c2C1. The van der Waals surface area contributed by atoms with Gasteiger partial charge in [0.2, 0.25) is 11.8 Å². The van der Waals surface area contributed by atoms with Gasteiger partial charge in [-0.1, -0.05) is 30.3 Å². The lowest BCUT2D eigenvalue weighted by molar-refractivity contribution is -0.136. The summed E-state index contributed by atoms with van der Waals surface area (Å²) in [6.07, 6.45) is 2.50. The minimum absolute atomic E-state index is 0.185. The summed E-state index contributed by atoms with van der Waals surface area (Å²) in [5, 5.41) is 5.87. The molecule has 1 aliphatic rings. The highest BCUT2D eigenvalue weighted by Crippen LogP contribution is 2.28. The van der Waals surface area contributed by atoms with Gasteiger partial charge in [-0.3, -0.25) is 19.5 Å². The number of H-pyrrole nitrogens is 1. The van der Waals surface area contributed by atoms with Crippen molar-refractivity contribution in [2.75, 3.05) is 12.0 Å². The van der Waals surface area contributed by atoms with Gasteiger partial charge in [0.25, 0.3) is 5.56 Å². The highest BCUT2D eigenvalue weighted by molar-refractivity contribution is 7.98. The van der Waals surface area contributed by atoms with Crippen LogP contribution in [0.15, 0.2) is 35.1 Å². The number of amides is 2. The van der Waals surface area contributed by atoms with Gasteiger partial charge in [-0.25, -0.2) is 9.50 Å². The van der Waals surface area contributed by atoms with Gasteiger partial charge in [0.05, 0.1) is 24.3 Å². The van der Waals surface area contributed by atoms with Crippen LogP contribution in [0.2, 0.25) is 0 Å². The molecule has 2 aromatic heterocycles. The molecular weight excluding hydrogens is 414 g/mol. The van der Waals surface area contributed by atoms with E-state index < -0.39 is 6.04 Å². The molecule has 1 aromatic carbocycles. The number of fused-ring (bicyclic) bond motifs is 2. The summed E-state index contributed by atoms with van der Waals surface area (Å²) in [5.74, 6) is 0.321. The molecule has 3 heterocycles. The van der Waals surface area contributed by atoms with Crippen LogP contribution in [0.4, 0.5) is 0 Å². The Morgan fingerprint density at radius 2 is 2.00 bits per heavy atom.